The Labute approximate surface area is 786 Å². The zero-order chi connectivity index (χ0) is 100. The second kappa shape index (κ2) is 52.3. The van der Waals surface area contributed by atoms with Gasteiger partial charge in [0.2, 0.25) is 12.2 Å². The van der Waals surface area contributed by atoms with Crippen molar-refractivity contribution in [3.8, 4) is 17.1 Å². The molecule has 2 unspecified atom stereocenters. The van der Waals surface area contributed by atoms with Crippen molar-refractivity contribution >= 4 is 116 Å². The summed E-state index contributed by atoms with van der Waals surface area (Å²) in [5.74, 6) is -8.04. The van der Waals surface area contributed by atoms with Crippen LogP contribution >= 0.6 is 34.8 Å². The predicted molar refractivity (Wildman–Crippen MR) is 490 cm³/mol. The zero-order valence-electron chi connectivity index (χ0n) is 74.7. The van der Waals surface area contributed by atoms with E-state index >= 15 is 0 Å². The highest BCUT2D eigenvalue weighted by atomic mass is 35.5. The summed E-state index contributed by atoms with van der Waals surface area (Å²) in [6.45, 7) is 22.2. The number of ether oxygens (including phenoxy) is 6. The number of esters is 4. The molecule has 0 amide bonds. The van der Waals surface area contributed by atoms with Gasteiger partial charge in [-0.25, -0.2) is 75.4 Å². The van der Waals surface area contributed by atoms with E-state index < -0.39 is 123 Å². The van der Waals surface area contributed by atoms with Gasteiger partial charge in [0.1, 0.15) is 19.0 Å². The molecule has 0 spiro atoms. The van der Waals surface area contributed by atoms with Gasteiger partial charge in [0, 0.05) is 31.8 Å². The van der Waals surface area contributed by atoms with Crippen molar-refractivity contribution < 1.29 is 99.8 Å². The molecule has 5 aromatic carbocycles. The van der Waals surface area contributed by atoms with Gasteiger partial charge in [-0.15, -0.1) is 0 Å². The van der Waals surface area contributed by atoms with E-state index in [1.807, 2.05) is 62.3 Å². The first-order valence-corrected chi connectivity index (χ1v) is 42.5. The molecule has 4 atom stereocenters. The normalized spacial score (nSPS) is 13.0. The van der Waals surface area contributed by atoms with Crippen molar-refractivity contribution in [3.05, 3.63) is 334 Å². The molecular weight excluding hydrogens is 1840 g/mol. The Morgan fingerprint density at radius 2 is 0.728 bits per heavy atom. The average Bonchev–Trinajstić information content (AvgIpc) is 0.925. The van der Waals surface area contributed by atoms with E-state index in [0.717, 1.165) is 48.1 Å². The Bertz CT molecular complexity index is 6310. The highest BCUT2D eigenvalue weighted by molar-refractivity contribution is 6.31. The Morgan fingerprint density at radius 3 is 1.01 bits per heavy atom. The largest absolute Gasteiger partial charge is 0.478 e. The molecule has 10 heterocycles. The fourth-order valence-corrected chi connectivity index (χ4v) is 13.3. The maximum atomic E-state index is 13.8. The number of nitrogens with one attached hydrogen (secondary N) is 3. The number of carboxylic acids is 2. The van der Waals surface area contributed by atoms with Crippen LogP contribution in [0.2, 0.25) is 15.3 Å². The van der Waals surface area contributed by atoms with Crippen molar-refractivity contribution in [2.24, 2.45) is 0 Å². The molecule has 8 aromatic heterocycles. The summed E-state index contributed by atoms with van der Waals surface area (Å²) in [5, 5.41) is 17.1. The maximum Gasteiger partial charge on any atom is 0.373 e. The van der Waals surface area contributed by atoms with E-state index in [2.05, 4.69) is 53.7 Å². The third kappa shape index (κ3) is 29.9. The molecule has 136 heavy (non-hydrogen) atoms. The summed E-state index contributed by atoms with van der Waals surface area (Å²) in [4.78, 5) is 203. The molecule has 2 fully saturated rings. The lowest BCUT2D eigenvalue weighted by Crippen LogP contribution is -2.32. The van der Waals surface area contributed by atoms with Crippen LogP contribution < -0.4 is 33.7 Å². The highest BCUT2D eigenvalue weighted by Crippen LogP contribution is 2.31. The number of benzene rings is 5. The summed E-state index contributed by atoms with van der Waals surface area (Å²) >= 11 is 17.4. The zero-order valence-corrected chi connectivity index (χ0v) is 77.0. The Morgan fingerprint density at radius 1 is 0.441 bits per heavy atom. The number of aryl methyl sites for hydroxylation is 3. The minimum absolute atomic E-state index is 0.00634. The van der Waals surface area contributed by atoms with Gasteiger partial charge in [-0.2, -0.15) is 19.2 Å². The summed E-state index contributed by atoms with van der Waals surface area (Å²) in [6.07, 6.45) is 8.46. The van der Waals surface area contributed by atoms with E-state index in [-0.39, 0.29) is 90.3 Å². The summed E-state index contributed by atoms with van der Waals surface area (Å²) in [6, 6.07) is 41.7. The van der Waals surface area contributed by atoms with Crippen LogP contribution in [0.1, 0.15) is 174 Å². The Balaban J connectivity index is 0.000000221. The predicted octanol–water partition coefficient (Wildman–Crippen LogP) is 14.2. The Kier molecular flexibility index (Phi) is 41.5. The number of aromatic nitrogens is 11. The molecular formula is C95H91Cl3F3N11O24. The van der Waals surface area contributed by atoms with Gasteiger partial charge in [-0.3, -0.25) is 48.9 Å². The number of aromatic amines is 3. The number of hydrogen-bond donors (Lipinski definition) is 5. The van der Waals surface area contributed by atoms with Crippen LogP contribution in [0.3, 0.4) is 0 Å². The third-order valence-electron chi connectivity index (χ3n) is 19.4. The lowest BCUT2D eigenvalue weighted by atomic mass is 10.0. The van der Waals surface area contributed by atoms with E-state index in [9.17, 15) is 70.7 Å². The third-order valence-corrected chi connectivity index (χ3v) is 20.3. The lowest BCUT2D eigenvalue weighted by molar-refractivity contribution is -0.193. The standard InChI is InChI=1S/C17H15ClFN3O2.2C17H14O6.2C16H14ClFN4O2.2C5H10O.2CO2/c1-8(2)14-15(9(3)4-5-20-14)22-13-7-11(18)12(19)6-10(13)16(23)21-17(22)24;2*18-15(19)14(23-17(21)13-9-5-2-6-10-13)11-22-16(20)12-7-3-1-4-8-12;2*1-7(2)11-12(8(3)4-5-19-11)22-14-9(15(23)21-16(22)24)6-10(18)13(17)20-14;2*1-5-3-2-4-6-5;2*2-1-3/h4-8H,1-3H3,(H,21,23,24);2*1-10,14H,11H2,(H,18,19);2*4-7H,1-3H3,(H,21,23,24);2*5H,2-4H2,1H3;;/t;2*14-;;;;;;/m.00....../s1. The number of pyridine rings is 5. The fraction of sp³-hybridized carbons (Fsp3) is 0.274. The summed E-state index contributed by atoms with van der Waals surface area (Å²) in [7, 11) is 0. The van der Waals surface area contributed by atoms with Crippen molar-refractivity contribution in [2.45, 2.75) is 144 Å². The molecule has 5 N–H and O–H groups in total. The Hall–Kier alpha value is -15.2. The van der Waals surface area contributed by atoms with Gasteiger partial charge in [0.25, 0.3) is 16.7 Å². The first kappa shape index (κ1) is 108. The number of halogens is 6. The molecule has 2 aliphatic heterocycles. The van der Waals surface area contributed by atoms with Crippen molar-refractivity contribution in [3.63, 3.8) is 0 Å². The van der Waals surface area contributed by atoms with Crippen molar-refractivity contribution in [1.82, 2.24) is 53.6 Å². The number of carbonyl (C=O) groups is 6. The van der Waals surface area contributed by atoms with E-state index in [0.29, 0.717) is 46.4 Å². The molecule has 0 aliphatic carbocycles. The number of carbonyl (C=O) groups excluding carboxylic acids is 8. The number of aliphatic carboxylic acids is 2. The second-order valence-corrected chi connectivity index (χ2v) is 31.4. The number of nitrogens with zero attached hydrogens (tertiary/aromatic N) is 8. The van der Waals surface area contributed by atoms with Crippen LogP contribution in [-0.2, 0) is 57.2 Å². The average molecular weight is 1930 g/mol. The molecule has 35 nitrogen and oxygen atoms in total. The van der Waals surface area contributed by atoms with Gasteiger partial charge in [-0.1, -0.05) is 149 Å². The van der Waals surface area contributed by atoms with Crippen LogP contribution in [0, 0.1) is 38.2 Å². The molecule has 13 aromatic rings. The van der Waals surface area contributed by atoms with Crippen LogP contribution in [0.25, 0.3) is 50.0 Å². The molecule has 2 aliphatic rings. The van der Waals surface area contributed by atoms with Gasteiger partial charge in [0.05, 0.1) is 95.3 Å². The maximum absolute atomic E-state index is 13.8. The summed E-state index contributed by atoms with van der Waals surface area (Å²) in [5.41, 5.74) is 3.11. The fourth-order valence-electron chi connectivity index (χ4n) is 12.9. The SMILES string of the molecule is CC1CCCO1.CC1CCCO1.Cc1ccnc(C(C)C)c1-n1c(=O)[nH]c(=O)c2cc(F)c(Cl)cc21.Cc1ccnc(C(C)C)c1-n1c(=O)[nH]c(=O)c2cc(F)c(Cl)nc21.Cc1ccnc(C(C)C)c1-n1c(=O)[nH]c(=O)c2cc(F)c(Cl)nc21.O=C(OC[C@H](OC(=O)c1ccccc1)C(=O)O)c1ccccc1.O=C(OC[C@H](OC(=O)c1ccccc1)C(=O)O)c1ccccc1.O=C=O.O=C=O. The van der Waals surface area contributed by atoms with Crippen LogP contribution in [0.5, 0.6) is 0 Å². The molecule has 15 rings (SSSR count). The van der Waals surface area contributed by atoms with E-state index in [1.165, 1.54) is 94.0 Å². The minimum atomic E-state index is -1.57. The number of rotatable bonds is 18. The molecule has 0 bridgehead atoms. The van der Waals surface area contributed by atoms with Crippen molar-refractivity contribution in [2.75, 3.05) is 26.4 Å². The van der Waals surface area contributed by atoms with Crippen molar-refractivity contribution in [1.29, 1.82) is 0 Å². The van der Waals surface area contributed by atoms with Crippen LogP contribution in [0.15, 0.2) is 211 Å². The van der Waals surface area contributed by atoms with Crippen LogP contribution in [-0.4, -0.2) is 163 Å². The first-order chi connectivity index (χ1) is 64.7. The quantitative estimate of drug-likeness (QED) is 0.0302. The summed E-state index contributed by atoms with van der Waals surface area (Å²) < 4.78 is 74.8. The molecule has 0 saturated carbocycles. The second-order valence-electron chi connectivity index (χ2n) is 30.3. The van der Waals surface area contributed by atoms with Gasteiger partial charge in [-0.05, 0) is 186 Å². The molecule has 2 saturated heterocycles. The molecule has 712 valence electrons. The monoisotopic (exact) mass is 1930 g/mol. The number of carboxylic acid groups (broad SMARTS) is 2. The highest BCUT2D eigenvalue weighted by Gasteiger charge is 2.29. The van der Waals surface area contributed by atoms with E-state index in [4.69, 9.17) is 92.6 Å². The number of hydrogen-bond acceptors (Lipinski definition) is 27. The number of fused-ring (bicyclic) bond motifs is 3. The van der Waals surface area contributed by atoms with Gasteiger partial charge < -0.3 is 38.6 Å². The molecule has 41 heteroatoms. The molecule has 0 radical (unpaired) electrons. The van der Waals surface area contributed by atoms with Gasteiger partial charge >= 0.3 is 65.2 Å². The van der Waals surface area contributed by atoms with Crippen LogP contribution in [0.4, 0.5) is 13.2 Å². The van der Waals surface area contributed by atoms with E-state index in [1.54, 1.807) is 110 Å². The smallest absolute Gasteiger partial charge is 0.373 e. The number of H-pyrrole nitrogens is 3. The minimum Gasteiger partial charge on any atom is -0.478 e. The van der Waals surface area contributed by atoms with Gasteiger partial charge in [0.15, 0.2) is 33.2 Å². The topological polar surface area (TPSA) is 496 Å². The first-order valence-electron chi connectivity index (χ1n) is 41.4. The lowest BCUT2D eigenvalue weighted by Gasteiger charge is -2.17.